The molecule has 0 heterocycles. The fourth-order valence-corrected chi connectivity index (χ4v) is 3.42. The maximum Gasteiger partial charge on any atom is 0.314 e. The van der Waals surface area contributed by atoms with Crippen LogP contribution in [0.25, 0.3) is 11.1 Å². The van der Waals surface area contributed by atoms with E-state index in [4.69, 9.17) is 9.47 Å². The van der Waals surface area contributed by atoms with Crippen LogP contribution in [0.3, 0.4) is 0 Å². The fourth-order valence-electron chi connectivity index (χ4n) is 3.42. The summed E-state index contributed by atoms with van der Waals surface area (Å²) in [6.45, 7) is 4.37. The Hall–Kier alpha value is -2.29. The van der Waals surface area contributed by atoms with E-state index in [1.807, 2.05) is 48.5 Å². The van der Waals surface area contributed by atoms with Gasteiger partial charge in [0.25, 0.3) is 0 Å². The van der Waals surface area contributed by atoms with Gasteiger partial charge in [0.2, 0.25) is 0 Å². The average Bonchev–Trinajstić information content (AvgIpc) is 2.73. The van der Waals surface area contributed by atoms with Gasteiger partial charge in [0.1, 0.15) is 11.5 Å². The SMILES string of the molecule is CCCCCCC(CCCC)C(=O)Oc1ccccc1-c1cccc(OC)c1. The Morgan fingerprint density at radius 1 is 0.893 bits per heavy atom. The zero-order valence-electron chi connectivity index (χ0n) is 17.6. The second kappa shape index (κ2) is 12.2. The molecule has 0 aliphatic carbocycles. The quantitative estimate of drug-likeness (QED) is 0.224. The molecule has 1 atom stereocenters. The van der Waals surface area contributed by atoms with Crippen molar-refractivity contribution in [1.29, 1.82) is 0 Å². The Labute approximate surface area is 170 Å². The summed E-state index contributed by atoms with van der Waals surface area (Å²) in [6, 6.07) is 15.6. The van der Waals surface area contributed by atoms with Gasteiger partial charge in [-0.15, -0.1) is 0 Å². The summed E-state index contributed by atoms with van der Waals surface area (Å²) >= 11 is 0. The number of para-hydroxylation sites is 1. The maximum atomic E-state index is 12.9. The molecule has 1 unspecified atom stereocenters. The highest BCUT2D eigenvalue weighted by atomic mass is 16.5. The monoisotopic (exact) mass is 382 g/mol. The number of unbranched alkanes of at least 4 members (excludes halogenated alkanes) is 4. The van der Waals surface area contributed by atoms with Crippen LogP contribution in [0, 0.1) is 5.92 Å². The van der Waals surface area contributed by atoms with E-state index in [0.717, 1.165) is 49.0 Å². The van der Waals surface area contributed by atoms with Crippen LogP contribution in [0.2, 0.25) is 0 Å². The third kappa shape index (κ3) is 6.70. The van der Waals surface area contributed by atoms with Crippen molar-refractivity contribution in [1.82, 2.24) is 0 Å². The van der Waals surface area contributed by atoms with E-state index in [1.165, 1.54) is 19.3 Å². The van der Waals surface area contributed by atoms with Crippen LogP contribution in [0.5, 0.6) is 11.5 Å². The second-order valence-electron chi connectivity index (χ2n) is 7.34. The fraction of sp³-hybridized carbons (Fsp3) is 0.480. The molecule has 3 nitrogen and oxygen atoms in total. The molecule has 0 N–H and O–H groups in total. The third-order valence-electron chi connectivity index (χ3n) is 5.12. The molecule has 0 saturated heterocycles. The first-order chi connectivity index (χ1) is 13.7. The van der Waals surface area contributed by atoms with E-state index >= 15 is 0 Å². The maximum absolute atomic E-state index is 12.9. The molecule has 0 aliphatic heterocycles. The highest BCUT2D eigenvalue weighted by molar-refractivity contribution is 5.79. The van der Waals surface area contributed by atoms with Gasteiger partial charge in [-0.25, -0.2) is 0 Å². The number of hydrogen-bond donors (Lipinski definition) is 0. The van der Waals surface area contributed by atoms with E-state index in [-0.39, 0.29) is 11.9 Å². The van der Waals surface area contributed by atoms with Crippen molar-refractivity contribution >= 4 is 5.97 Å². The Morgan fingerprint density at radius 3 is 2.39 bits per heavy atom. The van der Waals surface area contributed by atoms with Gasteiger partial charge in [-0.2, -0.15) is 0 Å². The van der Waals surface area contributed by atoms with Gasteiger partial charge in [-0.1, -0.05) is 82.7 Å². The first kappa shape index (κ1) is 22.0. The van der Waals surface area contributed by atoms with Gasteiger partial charge >= 0.3 is 5.97 Å². The first-order valence-electron chi connectivity index (χ1n) is 10.6. The van der Waals surface area contributed by atoms with Crippen molar-refractivity contribution in [2.24, 2.45) is 5.92 Å². The number of rotatable bonds is 12. The molecule has 152 valence electrons. The van der Waals surface area contributed by atoms with Crippen molar-refractivity contribution in [3.05, 3.63) is 48.5 Å². The lowest BCUT2D eigenvalue weighted by Crippen LogP contribution is -2.21. The van der Waals surface area contributed by atoms with Crippen molar-refractivity contribution in [2.45, 2.75) is 65.2 Å². The molecule has 0 radical (unpaired) electrons. The zero-order valence-corrected chi connectivity index (χ0v) is 17.6. The van der Waals surface area contributed by atoms with Crippen molar-refractivity contribution < 1.29 is 14.3 Å². The predicted octanol–water partition coefficient (Wildman–Crippen LogP) is 7.04. The Kier molecular flexibility index (Phi) is 9.61. The lowest BCUT2D eigenvalue weighted by molar-refractivity contribution is -0.139. The van der Waals surface area contributed by atoms with E-state index in [2.05, 4.69) is 13.8 Å². The summed E-state index contributed by atoms with van der Waals surface area (Å²) in [5.74, 6) is 1.29. The summed E-state index contributed by atoms with van der Waals surface area (Å²) in [6.07, 6.45) is 8.70. The number of methoxy groups -OCH3 is 1. The first-order valence-corrected chi connectivity index (χ1v) is 10.6. The van der Waals surface area contributed by atoms with Gasteiger partial charge in [-0.05, 0) is 36.6 Å². The Morgan fingerprint density at radius 2 is 1.64 bits per heavy atom. The van der Waals surface area contributed by atoms with Crippen LogP contribution >= 0.6 is 0 Å². The molecule has 28 heavy (non-hydrogen) atoms. The van der Waals surface area contributed by atoms with Gasteiger partial charge < -0.3 is 9.47 Å². The van der Waals surface area contributed by atoms with Crippen LogP contribution in [-0.2, 0) is 4.79 Å². The summed E-state index contributed by atoms with van der Waals surface area (Å²) < 4.78 is 11.2. The Balaban J connectivity index is 2.14. The molecule has 0 aliphatic rings. The van der Waals surface area contributed by atoms with E-state index in [0.29, 0.717) is 5.75 Å². The minimum absolute atomic E-state index is 0.0184. The van der Waals surface area contributed by atoms with Crippen molar-refractivity contribution in [3.8, 4) is 22.6 Å². The highest BCUT2D eigenvalue weighted by Crippen LogP contribution is 2.33. The summed E-state index contributed by atoms with van der Waals surface area (Å²) in [7, 11) is 1.65. The standard InChI is InChI=1S/C25H34O3/c1-4-6-8-9-14-20(13-7-5-2)25(26)28-24-18-11-10-17-23(24)21-15-12-16-22(19-21)27-3/h10-12,15-20H,4-9,13-14H2,1-3H3. The summed E-state index contributed by atoms with van der Waals surface area (Å²) in [4.78, 5) is 12.9. The normalized spacial score (nSPS) is 11.8. The largest absolute Gasteiger partial charge is 0.497 e. The molecule has 0 spiro atoms. The smallest absolute Gasteiger partial charge is 0.314 e. The molecule has 0 bridgehead atoms. The number of hydrogen-bond acceptors (Lipinski definition) is 3. The minimum atomic E-state index is -0.0969. The number of benzene rings is 2. The number of carbonyl (C=O) groups is 1. The predicted molar refractivity (Wildman–Crippen MR) is 116 cm³/mol. The summed E-state index contributed by atoms with van der Waals surface area (Å²) in [5, 5.41) is 0. The molecule has 2 aromatic carbocycles. The molecule has 0 amide bonds. The van der Waals surface area contributed by atoms with Crippen LogP contribution < -0.4 is 9.47 Å². The molecular formula is C25H34O3. The lowest BCUT2D eigenvalue weighted by atomic mass is 9.95. The molecule has 0 fully saturated rings. The van der Waals surface area contributed by atoms with Crippen LogP contribution in [-0.4, -0.2) is 13.1 Å². The highest BCUT2D eigenvalue weighted by Gasteiger charge is 2.21. The lowest BCUT2D eigenvalue weighted by Gasteiger charge is -2.17. The number of ether oxygens (including phenoxy) is 2. The topological polar surface area (TPSA) is 35.5 Å². The molecule has 3 heteroatoms. The molecule has 2 aromatic rings. The summed E-state index contributed by atoms with van der Waals surface area (Å²) in [5.41, 5.74) is 1.89. The van der Waals surface area contributed by atoms with Crippen LogP contribution in [0.1, 0.15) is 65.2 Å². The zero-order chi connectivity index (χ0) is 20.2. The van der Waals surface area contributed by atoms with Crippen molar-refractivity contribution in [2.75, 3.05) is 7.11 Å². The number of esters is 1. The third-order valence-corrected chi connectivity index (χ3v) is 5.12. The van der Waals surface area contributed by atoms with Gasteiger partial charge in [-0.3, -0.25) is 4.79 Å². The van der Waals surface area contributed by atoms with Crippen LogP contribution in [0.4, 0.5) is 0 Å². The van der Waals surface area contributed by atoms with Gasteiger partial charge in [0.15, 0.2) is 0 Å². The van der Waals surface area contributed by atoms with E-state index < -0.39 is 0 Å². The molecular weight excluding hydrogens is 348 g/mol. The minimum Gasteiger partial charge on any atom is -0.497 e. The van der Waals surface area contributed by atoms with E-state index in [9.17, 15) is 4.79 Å². The molecule has 0 aromatic heterocycles. The molecule has 2 rings (SSSR count). The van der Waals surface area contributed by atoms with Crippen molar-refractivity contribution in [3.63, 3.8) is 0 Å². The second-order valence-corrected chi connectivity index (χ2v) is 7.34. The Bertz CT molecular complexity index is 723. The van der Waals surface area contributed by atoms with Gasteiger partial charge in [0, 0.05) is 5.56 Å². The average molecular weight is 383 g/mol. The van der Waals surface area contributed by atoms with E-state index in [1.54, 1.807) is 7.11 Å². The van der Waals surface area contributed by atoms with Crippen LogP contribution in [0.15, 0.2) is 48.5 Å². The van der Waals surface area contributed by atoms with Gasteiger partial charge in [0.05, 0.1) is 13.0 Å². The number of carbonyl (C=O) groups excluding carboxylic acids is 1. The molecule has 0 saturated carbocycles.